The van der Waals surface area contributed by atoms with Crippen molar-refractivity contribution in [2.45, 2.75) is 33.6 Å². The van der Waals surface area contributed by atoms with Crippen LogP contribution in [0.25, 0.3) is 0 Å². The molecule has 0 aromatic heterocycles. The van der Waals surface area contributed by atoms with E-state index in [1.54, 1.807) is 0 Å². The van der Waals surface area contributed by atoms with Gasteiger partial charge in [-0.15, -0.1) is 0 Å². The summed E-state index contributed by atoms with van der Waals surface area (Å²) in [5.41, 5.74) is 1.35. The number of rotatable bonds is 1. The Morgan fingerprint density at radius 3 is 2.45 bits per heavy atom. The Labute approximate surface area is 70.3 Å². The summed E-state index contributed by atoms with van der Waals surface area (Å²) in [4.78, 5) is 0. The Hall–Kier alpha value is -0.780. The smallest absolute Gasteiger partial charge is 0.0303 e. The van der Waals surface area contributed by atoms with Gasteiger partial charge in [0.05, 0.1) is 0 Å². The maximum absolute atomic E-state index is 2.26. The molecule has 0 fully saturated rings. The van der Waals surface area contributed by atoms with Gasteiger partial charge in [0.15, 0.2) is 0 Å². The molecule has 0 saturated carbocycles. The molecule has 0 amide bonds. The maximum atomic E-state index is 2.26. The van der Waals surface area contributed by atoms with Gasteiger partial charge in [0.1, 0.15) is 0 Å². The minimum absolute atomic E-state index is 1.20. The summed E-state index contributed by atoms with van der Waals surface area (Å²) in [6, 6.07) is 0. The highest BCUT2D eigenvalue weighted by Gasteiger charge is 1.89. The Morgan fingerprint density at radius 1 is 1.27 bits per heavy atom. The van der Waals surface area contributed by atoms with E-state index in [0.717, 1.165) is 0 Å². The molecule has 1 rings (SSSR count). The molecule has 1 aliphatic carbocycles. The zero-order chi connectivity index (χ0) is 8.53. The van der Waals surface area contributed by atoms with Crippen molar-refractivity contribution in [3.63, 3.8) is 0 Å². The predicted molar refractivity (Wildman–Crippen MR) is 52.6 cm³/mol. The third-order valence-corrected chi connectivity index (χ3v) is 1.38. The highest BCUT2D eigenvalue weighted by atomic mass is 14.0. The van der Waals surface area contributed by atoms with E-state index in [4.69, 9.17) is 0 Å². The van der Waals surface area contributed by atoms with Crippen LogP contribution in [0.2, 0.25) is 0 Å². The molecule has 0 radical (unpaired) electrons. The molecule has 0 atom stereocenters. The normalized spacial score (nSPS) is 15.7. The summed E-state index contributed by atoms with van der Waals surface area (Å²) in [5.74, 6) is 0. The van der Waals surface area contributed by atoms with Gasteiger partial charge in [-0.3, -0.25) is 0 Å². The second-order valence-corrected chi connectivity index (χ2v) is 2.18. The van der Waals surface area contributed by atoms with Crippen molar-refractivity contribution in [1.82, 2.24) is 0 Å². The average Bonchev–Trinajstić information content (AvgIpc) is 2.11. The van der Waals surface area contributed by atoms with Crippen LogP contribution in [-0.2, 0) is 0 Å². The van der Waals surface area contributed by atoms with Gasteiger partial charge in [-0.1, -0.05) is 44.2 Å². The first-order valence-corrected chi connectivity index (χ1v) is 4.43. The number of hydrogen-bond acceptors (Lipinski definition) is 0. The van der Waals surface area contributed by atoms with Gasteiger partial charge < -0.3 is 0 Å². The Kier molecular flexibility index (Phi) is 6.81. The molecule has 0 spiro atoms. The summed E-state index contributed by atoms with van der Waals surface area (Å²) >= 11 is 0. The highest BCUT2D eigenvalue weighted by molar-refractivity contribution is 5.32. The Balaban J connectivity index is 0.000000461. The molecule has 11 heavy (non-hydrogen) atoms. The van der Waals surface area contributed by atoms with E-state index in [9.17, 15) is 0 Å². The highest BCUT2D eigenvalue weighted by Crippen LogP contribution is 2.09. The second-order valence-electron chi connectivity index (χ2n) is 2.18. The van der Waals surface area contributed by atoms with E-state index in [1.165, 1.54) is 18.4 Å². The van der Waals surface area contributed by atoms with Crippen molar-refractivity contribution in [2.24, 2.45) is 0 Å². The van der Waals surface area contributed by atoms with Crippen molar-refractivity contribution in [1.29, 1.82) is 0 Å². The largest absolute Gasteiger partial charge is 0.0871 e. The first-order chi connectivity index (χ1) is 5.43. The fraction of sp³-hybridized carbons (Fsp3) is 0.455. The van der Waals surface area contributed by atoms with Gasteiger partial charge >= 0.3 is 0 Å². The lowest BCUT2D eigenvalue weighted by molar-refractivity contribution is 1.02. The lowest BCUT2D eigenvalue weighted by Crippen LogP contribution is -1.78. The van der Waals surface area contributed by atoms with Crippen molar-refractivity contribution in [3.05, 3.63) is 36.0 Å². The Bertz CT molecular complexity index is 155. The molecule has 0 unspecified atom stereocenters. The first kappa shape index (κ1) is 10.2. The zero-order valence-electron chi connectivity index (χ0n) is 7.80. The molecular weight excluding hydrogens is 132 g/mol. The van der Waals surface area contributed by atoms with Gasteiger partial charge in [0.25, 0.3) is 0 Å². The number of allylic oxidation sites excluding steroid dienone is 6. The standard InChI is InChI=1S/C9H12.C2H6/c1-2-6-9-7-4-3-5-8-9;1-2/h2,4,6-8H,3,5H2,1H3;1-2H3/b6-2+;. The van der Waals surface area contributed by atoms with Crippen LogP contribution in [-0.4, -0.2) is 0 Å². The molecule has 0 N–H and O–H groups in total. The van der Waals surface area contributed by atoms with Crippen molar-refractivity contribution in [3.8, 4) is 0 Å². The summed E-state index contributed by atoms with van der Waals surface area (Å²) in [6.07, 6.45) is 13.3. The molecule has 0 nitrogen and oxygen atoms in total. The predicted octanol–water partition coefficient (Wildman–Crippen LogP) is 3.87. The van der Waals surface area contributed by atoms with E-state index in [2.05, 4.69) is 30.4 Å². The van der Waals surface area contributed by atoms with Gasteiger partial charge in [0, 0.05) is 0 Å². The molecule has 0 saturated heterocycles. The minimum Gasteiger partial charge on any atom is -0.0871 e. The fourth-order valence-electron chi connectivity index (χ4n) is 0.950. The minimum atomic E-state index is 1.20. The van der Waals surface area contributed by atoms with Gasteiger partial charge in [-0.05, 0) is 25.3 Å². The molecule has 0 bridgehead atoms. The van der Waals surface area contributed by atoms with Gasteiger partial charge in [-0.25, -0.2) is 0 Å². The zero-order valence-corrected chi connectivity index (χ0v) is 7.80. The maximum Gasteiger partial charge on any atom is -0.0303 e. The van der Waals surface area contributed by atoms with Crippen LogP contribution in [0.3, 0.4) is 0 Å². The lowest BCUT2D eigenvalue weighted by Gasteiger charge is -1.99. The van der Waals surface area contributed by atoms with Crippen molar-refractivity contribution in [2.75, 3.05) is 0 Å². The first-order valence-electron chi connectivity index (χ1n) is 4.43. The van der Waals surface area contributed by atoms with Crippen LogP contribution in [0.5, 0.6) is 0 Å². The van der Waals surface area contributed by atoms with E-state index in [0.29, 0.717) is 0 Å². The Morgan fingerprint density at radius 2 is 2.00 bits per heavy atom. The average molecular weight is 150 g/mol. The molecular formula is C11H18. The lowest BCUT2D eigenvalue weighted by atomic mass is 10.1. The van der Waals surface area contributed by atoms with E-state index >= 15 is 0 Å². The van der Waals surface area contributed by atoms with E-state index in [-0.39, 0.29) is 0 Å². The summed E-state index contributed by atoms with van der Waals surface area (Å²) in [6.45, 7) is 6.04. The quantitative estimate of drug-likeness (QED) is 0.532. The van der Waals surface area contributed by atoms with Gasteiger partial charge in [-0.2, -0.15) is 0 Å². The second kappa shape index (κ2) is 7.33. The van der Waals surface area contributed by atoms with E-state index in [1.807, 2.05) is 20.8 Å². The van der Waals surface area contributed by atoms with Gasteiger partial charge in [0.2, 0.25) is 0 Å². The van der Waals surface area contributed by atoms with Crippen LogP contribution in [0, 0.1) is 0 Å². The number of hydrogen-bond donors (Lipinski definition) is 0. The fourth-order valence-corrected chi connectivity index (χ4v) is 0.950. The summed E-state index contributed by atoms with van der Waals surface area (Å²) in [7, 11) is 0. The van der Waals surface area contributed by atoms with Crippen LogP contribution in [0.1, 0.15) is 33.6 Å². The molecule has 0 heteroatoms. The topological polar surface area (TPSA) is 0 Å². The van der Waals surface area contributed by atoms with Crippen LogP contribution >= 0.6 is 0 Å². The monoisotopic (exact) mass is 150 g/mol. The molecule has 0 aromatic carbocycles. The van der Waals surface area contributed by atoms with Crippen molar-refractivity contribution < 1.29 is 0 Å². The SMILES string of the molecule is C/C=C/C1=CCCC=C1.CC. The van der Waals surface area contributed by atoms with Crippen LogP contribution in [0.4, 0.5) is 0 Å². The van der Waals surface area contributed by atoms with Crippen LogP contribution in [0.15, 0.2) is 36.0 Å². The molecule has 0 aliphatic heterocycles. The third kappa shape index (κ3) is 4.60. The molecule has 62 valence electrons. The van der Waals surface area contributed by atoms with Crippen LogP contribution < -0.4 is 0 Å². The third-order valence-electron chi connectivity index (χ3n) is 1.38. The van der Waals surface area contributed by atoms with E-state index < -0.39 is 0 Å². The van der Waals surface area contributed by atoms with Crippen molar-refractivity contribution >= 4 is 0 Å². The summed E-state index contributed by atoms with van der Waals surface area (Å²) < 4.78 is 0. The molecule has 0 aromatic rings. The molecule has 0 heterocycles. The molecule has 1 aliphatic rings. The summed E-state index contributed by atoms with van der Waals surface area (Å²) in [5, 5.41) is 0.